The van der Waals surface area contributed by atoms with E-state index in [-0.39, 0.29) is 5.78 Å². The van der Waals surface area contributed by atoms with Gasteiger partial charge in [0.2, 0.25) is 0 Å². The van der Waals surface area contributed by atoms with Crippen LogP contribution in [0.15, 0.2) is 24.5 Å². The zero-order chi connectivity index (χ0) is 10.1. The molecular weight excluding hydrogens is 176 g/mol. The molecule has 0 amide bonds. The molecule has 2 aromatic heterocycles. The summed E-state index contributed by atoms with van der Waals surface area (Å²) in [6.07, 6.45) is 4.36. The minimum atomic E-state index is 0.166. The number of fused-ring (bicyclic) bond motifs is 1. The van der Waals surface area contributed by atoms with E-state index in [9.17, 15) is 4.79 Å². The number of Topliss-reactive ketones (excluding diaryl/α,β-unsaturated/α-hetero) is 1. The topological polar surface area (TPSA) is 34.4 Å². The van der Waals surface area contributed by atoms with Crippen LogP contribution >= 0.6 is 0 Å². The van der Waals surface area contributed by atoms with E-state index >= 15 is 0 Å². The lowest BCUT2D eigenvalue weighted by Crippen LogP contribution is -1.99. The fourth-order valence-electron chi connectivity index (χ4n) is 1.60. The Hall–Kier alpha value is -1.64. The summed E-state index contributed by atoms with van der Waals surface area (Å²) < 4.78 is 1.95. The summed E-state index contributed by atoms with van der Waals surface area (Å²) in [6, 6.07) is 3.88. The highest BCUT2D eigenvalue weighted by atomic mass is 16.1. The molecule has 3 nitrogen and oxygen atoms in total. The zero-order valence-electron chi connectivity index (χ0n) is 8.32. The number of hydrogen-bond donors (Lipinski definition) is 0. The molecule has 0 spiro atoms. The highest BCUT2D eigenvalue weighted by molar-refractivity contribution is 5.80. The van der Waals surface area contributed by atoms with E-state index in [2.05, 4.69) is 4.98 Å². The summed E-state index contributed by atoms with van der Waals surface area (Å²) in [6.45, 7) is 3.55. The lowest BCUT2D eigenvalue weighted by atomic mass is 10.1. The van der Waals surface area contributed by atoms with Gasteiger partial charge in [-0.3, -0.25) is 4.79 Å². The van der Waals surface area contributed by atoms with Gasteiger partial charge in [-0.15, -0.1) is 0 Å². The number of aromatic nitrogens is 2. The Balaban J connectivity index is 2.58. The van der Waals surface area contributed by atoms with E-state index < -0.39 is 0 Å². The number of rotatable bonds is 2. The van der Waals surface area contributed by atoms with Gasteiger partial charge in [0.15, 0.2) is 0 Å². The Morgan fingerprint density at radius 2 is 2.36 bits per heavy atom. The number of aryl methyl sites for hydroxylation is 1. The van der Waals surface area contributed by atoms with Gasteiger partial charge >= 0.3 is 0 Å². The van der Waals surface area contributed by atoms with Gasteiger partial charge in [0.25, 0.3) is 0 Å². The molecule has 0 atom stereocenters. The Kier molecular flexibility index (Phi) is 2.08. The largest absolute Gasteiger partial charge is 0.307 e. The van der Waals surface area contributed by atoms with Crippen LogP contribution in [0, 0.1) is 6.92 Å². The minimum absolute atomic E-state index is 0.166. The Morgan fingerprint density at radius 1 is 1.57 bits per heavy atom. The molecule has 0 saturated heterocycles. The maximum atomic E-state index is 11.0. The number of carbonyl (C=O) groups is 1. The summed E-state index contributed by atoms with van der Waals surface area (Å²) in [4.78, 5) is 15.4. The SMILES string of the molecule is CC(=O)Cc1cccn2cc(C)nc12. The first-order valence-electron chi connectivity index (χ1n) is 4.59. The second kappa shape index (κ2) is 3.25. The smallest absolute Gasteiger partial charge is 0.140 e. The van der Waals surface area contributed by atoms with E-state index in [0.717, 1.165) is 16.9 Å². The second-order valence-corrected chi connectivity index (χ2v) is 3.53. The maximum Gasteiger partial charge on any atom is 0.140 e. The Morgan fingerprint density at radius 3 is 3.07 bits per heavy atom. The lowest BCUT2D eigenvalue weighted by molar-refractivity contribution is -0.116. The third-order valence-corrected chi connectivity index (χ3v) is 2.12. The molecular formula is C11H12N2O. The summed E-state index contributed by atoms with van der Waals surface area (Å²) in [5.41, 5.74) is 2.86. The van der Waals surface area contributed by atoms with Crippen molar-refractivity contribution in [3.05, 3.63) is 35.8 Å². The average molecular weight is 188 g/mol. The van der Waals surface area contributed by atoms with Gasteiger partial charge in [-0.25, -0.2) is 4.98 Å². The fraction of sp³-hybridized carbons (Fsp3) is 0.273. The number of ketones is 1. The molecule has 0 aromatic carbocycles. The number of imidazole rings is 1. The van der Waals surface area contributed by atoms with Gasteiger partial charge in [0.1, 0.15) is 11.4 Å². The van der Waals surface area contributed by atoms with Crippen LogP contribution in [0.4, 0.5) is 0 Å². The molecule has 0 fully saturated rings. The molecule has 0 N–H and O–H groups in total. The highest BCUT2D eigenvalue weighted by Gasteiger charge is 2.05. The van der Waals surface area contributed by atoms with Gasteiger partial charge in [0.05, 0.1) is 5.69 Å². The van der Waals surface area contributed by atoms with Crippen molar-refractivity contribution in [2.24, 2.45) is 0 Å². The molecule has 0 bridgehead atoms. The lowest BCUT2D eigenvalue weighted by Gasteiger charge is -1.99. The van der Waals surface area contributed by atoms with Crippen molar-refractivity contribution < 1.29 is 4.79 Å². The molecule has 2 heterocycles. The summed E-state index contributed by atoms with van der Waals surface area (Å²) in [7, 11) is 0. The molecule has 0 unspecified atom stereocenters. The highest BCUT2D eigenvalue weighted by Crippen LogP contribution is 2.11. The first-order valence-corrected chi connectivity index (χ1v) is 4.59. The van der Waals surface area contributed by atoms with Gasteiger partial charge in [0, 0.05) is 24.4 Å². The van der Waals surface area contributed by atoms with E-state index in [1.165, 1.54) is 0 Å². The first-order chi connectivity index (χ1) is 6.66. The predicted octanol–water partition coefficient (Wildman–Crippen LogP) is 1.77. The van der Waals surface area contributed by atoms with Crippen molar-refractivity contribution in [2.75, 3.05) is 0 Å². The van der Waals surface area contributed by atoms with E-state index in [4.69, 9.17) is 0 Å². The number of nitrogens with zero attached hydrogens (tertiary/aromatic N) is 2. The van der Waals surface area contributed by atoms with Crippen molar-refractivity contribution in [3.8, 4) is 0 Å². The van der Waals surface area contributed by atoms with Crippen LogP contribution in [0.3, 0.4) is 0 Å². The monoisotopic (exact) mass is 188 g/mol. The van der Waals surface area contributed by atoms with Crippen LogP contribution in [0.5, 0.6) is 0 Å². The van der Waals surface area contributed by atoms with E-state index in [0.29, 0.717) is 6.42 Å². The molecule has 0 radical (unpaired) electrons. The third kappa shape index (κ3) is 1.53. The van der Waals surface area contributed by atoms with Gasteiger partial charge in [-0.05, 0) is 19.9 Å². The molecule has 14 heavy (non-hydrogen) atoms. The van der Waals surface area contributed by atoms with Gasteiger partial charge < -0.3 is 4.40 Å². The number of pyridine rings is 1. The summed E-state index contributed by atoms with van der Waals surface area (Å²) in [5, 5.41) is 0. The standard InChI is InChI=1S/C11H12N2O/c1-8-7-13-5-3-4-10(6-9(2)14)11(13)12-8/h3-5,7H,6H2,1-2H3. The average Bonchev–Trinajstić information content (AvgIpc) is 2.45. The Bertz CT molecular complexity index is 485. The predicted molar refractivity (Wildman–Crippen MR) is 54.3 cm³/mol. The maximum absolute atomic E-state index is 11.0. The van der Waals surface area contributed by atoms with Crippen LogP contribution in [0.2, 0.25) is 0 Å². The molecule has 0 aliphatic carbocycles. The first kappa shape index (κ1) is 8.94. The normalized spacial score (nSPS) is 10.7. The second-order valence-electron chi connectivity index (χ2n) is 3.53. The van der Waals surface area contributed by atoms with Crippen LogP contribution in [-0.4, -0.2) is 15.2 Å². The van der Waals surface area contributed by atoms with Gasteiger partial charge in [-0.1, -0.05) is 6.07 Å². The van der Waals surface area contributed by atoms with Crippen molar-refractivity contribution in [1.82, 2.24) is 9.38 Å². The van der Waals surface area contributed by atoms with Crippen LogP contribution in [-0.2, 0) is 11.2 Å². The van der Waals surface area contributed by atoms with Crippen LogP contribution < -0.4 is 0 Å². The van der Waals surface area contributed by atoms with Gasteiger partial charge in [-0.2, -0.15) is 0 Å². The minimum Gasteiger partial charge on any atom is -0.307 e. The van der Waals surface area contributed by atoms with Crippen molar-refractivity contribution in [2.45, 2.75) is 20.3 Å². The quantitative estimate of drug-likeness (QED) is 0.719. The zero-order valence-corrected chi connectivity index (χ0v) is 8.32. The third-order valence-electron chi connectivity index (χ3n) is 2.12. The molecule has 0 saturated carbocycles. The molecule has 3 heteroatoms. The van der Waals surface area contributed by atoms with E-state index in [1.807, 2.05) is 35.9 Å². The fourth-order valence-corrected chi connectivity index (χ4v) is 1.60. The Labute approximate surface area is 82.4 Å². The van der Waals surface area contributed by atoms with Crippen LogP contribution in [0.1, 0.15) is 18.2 Å². The van der Waals surface area contributed by atoms with Crippen LogP contribution in [0.25, 0.3) is 5.65 Å². The molecule has 2 aromatic rings. The van der Waals surface area contributed by atoms with Crippen molar-refractivity contribution in [3.63, 3.8) is 0 Å². The van der Waals surface area contributed by atoms with Crippen molar-refractivity contribution >= 4 is 11.4 Å². The molecule has 72 valence electrons. The summed E-state index contributed by atoms with van der Waals surface area (Å²) in [5.74, 6) is 0.166. The molecule has 2 rings (SSSR count). The van der Waals surface area contributed by atoms with E-state index in [1.54, 1.807) is 6.92 Å². The van der Waals surface area contributed by atoms with Crippen molar-refractivity contribution in [1.29, 1.82) is 0 Å². The molecule has 0 aliphatic rings. The summed E-state index contributed by atoms with van der Waals surface area (Å²) >= 11 is 0. The number of hydrogen-bond acceptors (Lipinski definition) is 2. The number of carbonyl (C=O) groups excluding carboxylic acids is 1. The molecule has 0 aliphatic heterocycles.